The maximum Gasteiger partial charge on any atom is 0.410 e. The highest BCUT2D eigenvalue weighted by Gasteiger charge is 2.30. The van der Waals surface area contributed by atoms with Crippen molar-refractivity contribution in [3.63, 3.8) is 0 Å². The van der Waals surface area contributed by atoms with Gasteiger partial charge in [0.2, 0.25) is 5.91 Å². The zero-order valence-electron chi connectivity index (χ0n) is 20.6. The zero-order valence-corrected chi connectivity index (χ0v) is 20.6. The Morgan fingerprint density at radius 1 is 1.06 bits per heavy atom. The third-order valence-corrected chi connectivity index (χ3v) is 6.22. The number of hydrogen-bond acceptors (Lipinski definition) is 4. The van der Waals surface area contributed by atoms with Crippen LogP contribution in [0.3, 0.4) is 0 Å². The number of carbonyl (C=O) groups is 2. The minimum atomic E-state index is -4.40. The smallest absolute Gasteiger partial charge is 0.410 e. The van der Waals surface area contributed by atoms with Crippen LogP contribution in [0.4, 0.5) is 18.0 Å². The maximum atomic E-state index is 12.3. The highest BCUT2D eigenvalue weighted by atomic mass is 19.4. The summed E-state index contributed by atoms with van der Waals surface area (Å²) in [5.74, 6) is 0.169. The Morgan fingerprint density at radius 2 is 1.71 bits per heavy atom. The maximum absolute atomic E-state index is 12.3. The van der Waals surface area contributed by atoms with Gasteiger partial charge in [-0.1, -0.05) is 18.2 Å². The number of nitrogens with zero attached hydrogens (tertiary/aromatic N) is 1. The molecule has 6 nitrogen and oxygen atoms in total. The summed E-state index contributed by atoms with van der Waals surface area (Å²) in [6, 6.07) is 7.76. The van der Waals surface area contributed by atoms with Crippen molar-refractivity contribution in [3.8, 4) is 5.75 Å². The first-order chi connectivity index (χ1) is 16.4. The molecule has 1 atom stereocenters. The van der Waals surface area contributed by atoms with Crippen LogP contribution in [0.1, 0.15) is 58.4 Å². The number of likely N-dealkylation sites (tertiary alicyclic amines) is 1. The predicted octanol–water partition coefficient (Wildman–Crippen LogP) is 5.57. The van der Waals surface area contributed by atoms with E-state index in [1.54, 1.807) is 4.90 Å². The lowest BCUT2D eigenvalue weighted by Crippen LogP contribution is -2.42. The molecule has 0 radical (unpaired) electrons. The molecular weight excluding hydrogens is 461 g/mol. The first-order valence-corrected chi connectivity index (χ1v) is 12.1. The number of nitrogens with one attached hydrogen (secondary N) is 1. The van der Waals surface area contributed by atoms with Gasteiger partial charge in [0.05, 0.1) is 6.61 Å². The van der Waals surface area contributed by atoms with Crippen molar-refractivity contribution in [1.29, 1.82) is 0 Å². The van der Waals surface area contributed by atoms with Crippen molar-refractivity contribution in [2.45, 2.75) is 64.7 Å². The molecule has 1 saturated heterocycles. The van der Waals surface area contributed by atoms with Crippen LogP contribution in [0.25, 0.3) is 5.57 Å². The summed E-state index contributed by atoms with van der Waals surface area (Å²) in [6.07, 6.45) is 0.597. The van der Waals surface area contributed by atoms with E-state index in [0.717, 1.165) is 29.7 Å². The van der Waals surface area contributed by atoms with Crippen molar-refractivity contribution < 1.29 is 32.2 Å². The standard InChI is InChI=1S/C26H35F3N2O4/c1-25(2,3)35-24(33)31-14-12-18(13-15-31)16-34-22-10-8-20(9-11-22)19-4-6-21(7-5-19)23(32)30-17-26(27,28)29/h4,8-11,18,21H,5-7,12-17H2,1-3H3,(H,30,32). The van der Waals surface area contributed by atoms with Crippen LogP contribution in [-0.4, -0.2) is 54.9 Å². The van der Waals surface area contributed by atoms with Crippen LogP contribution in [0.2, 0.25) is 0 Å². The Hall–Kier alpha value is -2.71. The van der Waals surface area contributed by atoms with Crippen LogP contribution < -0.4 is 10.1 Å². The Labute approximate surface area is 204 Å². The number of allylic oxidation sites excluding steroid dienone is 2. The number of piperidine rings is 1. The van der Waals surface area contributed by atoms with Crippen molar-refractivity contribution in [3.05, 3.63) is 35.9 Å². The monoisotopic (exact) mass is 496 g/mol. The molecule has 9 heteroatoms. The number of ether oxygens (including phenoxy) is 2. The molecule has 2 amide bonds. The number of carbonyl (C=O) groups excluding carboxylic acids is 2. The molecule has 0 spiro atoms. The van der Waals surface area contributed by atoms with Gasteiger partial charge in [0, 0.05) is 19.0 Å². The van der Waals surface area contributed by atoms with Crippen LogP contribution in [0.5, 0.6) is 5.75 Å². The molecule has 0 bridgehead atoms. The van der Waals surface area contributed by atoms with Crippen molar-refractivity contribution in [2.75, 3.05) is 26.2 Å². The average molecular weight is 497 g/mol. The largest absolute Gasteiger partial charge is 0.493 e. The van der Waals surface area contributed by atoms with Crippen molar-refractivity contribution in [1.82, 2.24) is 10.2 Å². The Kier molecular flexibility index (Phi) is 8.72. The fraction of sp³-hybridized carbons (Fsp3) is 0.615. The van der Waals surface area contributed by atoms with Gasteiger partial charge in [0.25, 0.3) is 0 Å². The van der Waals surface area contributed by atoms with E-state index in [1.807, 2.05) is 56.4 Å². The van der Waals surface area contributed by atoms with Gasteiger partial charge in [0.15, 0.2) is 0 Å². The third kappa shape index (κ3) is 8.78. The molecular formula is C26H35F3N2O4. The molecule has 1 N–H and O–H groups in total. The summed E-state index contributed by atoms with van der Waals surface area (Å²) in [5, 5.41) is 1.98. The SMILES string of the molecule is CC(C)(C)OC(=O)N1CCC(COc2ccc(C3=CCC(C(=O)NCC(F)(F)F)CC3)cc2)CC1. The van der Waals surface area contributed by atoms with Gasteiger partial charge >= 0.3 is 12.3 Å². The molecule has 1 fully saturated rings. The van der Waals surface area contributed by atoms with Gasteiger partial charge in [-0.25, -0.2) is 4.79 Å². The quantitative estimate of drug-likeness (QED) is 0.559. The van der Waals surface area contributed by atoms with E-state index < -0.39 is 30.1 Å². The normalized spacial score (nSPS) is 19.7. The first kappa shape index (κ1) is 26.9. The second-order valence-electron chi connectivity index (χ2n) is 10.3. The minimum Gasteiger partial charge on any atom is -0.493 e. The topological polar surface area (TPSA) is 67.9 Å². The fourth-order valence-corrected chi connectivity index (χ4v) is 4.25. The molecule has 0 aromatic heterocycles. The number of rotatable bonds is 6. The highest BCUT2D eigenvalue weighted by molar-refractivity contribution is 5.80. The van der Waals surface area contributed by atoms with Gasteiger partial charge in [-0.05, 0) is 82.1 Å². The Balaban J connectivity index is 1.41. The summed E-state index contributed by atoms with van der Waals surface area (Å²) in [6.45, 7) is 6.19. The van der Waals surface area contributed by atoms with E-state index in [0.29, 0.717) is 44.9 Å². The van der Waals surface area contributed by atoms with E-state index in [1.165, 1.54) is 0 Å². The molecule has 0 saturated carbocycles. The average Bonchev–Trinajstić information content (AvgIpc) is 2.80. The van der Waals surface area contributed by atoms with Crippen LogP contribution in [-0.2, 0) is 9.53 Å². The molecule has 3 rings (SSSR count). The third-order valence-electron chi connectivity index (χ3n) is 6.22. The number of alkyl halides is 3. The molecule has 1 aromatic carbocycles. The predicted molar refractivity (Wildman–Crippen MR) is 127 cm³/mol. The first-order valence-electron chi connectivity index (χ1n) is 12.1. The molecule has 194 valence electrons. The molecule has 35 heavy (non-hydrogen) atoms. The lowest BCUT2D eigenvalue weighted by molar-refractivity contribution is -0.140. The van der Waals surface area contributed by atoms with Crippen molar-refractivity contribution >= 4 is 17.6 Å². The molecule has 2 aliphatic rings. The lowest BCUT2D eigenvalue weighted by Gasteiger charge is -2.33. The van der Waals surface area contributed by atoms with E-state index in [4.69, 9.17) is 9.47 Å². The zero-order chi connectivity index (χ0) is 25.6. The second kappa shape index (κ2) is 11.4. The summed E-state index contributed by atoms with van der Waals surface area (Å²) in [5.41, 5.74) is 1.62. The Morgan fingerprint density at radius 3 is 2.26 bits per heavy atom. The molecule has 1 aliphatic carbocycles. The van der Waals surface area contributed by atoms with Crippen molar-refractivity contribution in [2.24, 2.45) is 11.8 Å². The Bertz CT molecular complexity index is 899. The van der Waals surface area contributed by atoms with Crippen LogP contribution in [0.15, 0.2) is 30.3 Å². The second-order valence-corrected chi connectivity index (χ2v) is 10.3. The van der Waals surface area contributed by atoms with Gasteiger partial charge in [-0.3, -0.25) is 4.79 Å². The molecule has 1 heterocycles. The number of halogens is 3. The van der Waals surface area contributed by atoms with E-state index >= 15 is 0 Å². The van der Waals surface area contributed by atoms with Gasteiger partial charge in [-0.15, -0.1) is 0 Å². The van der Waals surface area contributed by atoms with E-state index in [-0.39, 0.29) is 6.09 Å². The molecule has 1 unspecified atom stereocenters. The molecule has 1 aromatic rings. The van der Waals surface area contributed by atoms with Crippen LogP contribution >= 0.6 is 0 Å². The van der Waals surface area contributed by atoms with Gasteiger partial charge < -0.3 is 19.7 Å². The lowest BCUT2D eigenvalue weighted by atomic mass is 9.86. The summed E-state index contributed by atoms with van der Waals surface area (Å²) >= 11 is 0. The minimum absolute atomic E-state index is 0.266. The van der Waals surface area contributed by atoms with Gasteiger partial charge in [0.1, 0.15) is 17.9 Å². The van der Waals surface area contributed by atoms with Crippen LogP contribution in [0, 0.1) is 11.8 Å². The molecule has 1 aliphatic heterocycles. The number of amides is 2. The summed E-state index contributed by atoms with van der Waals surface area (Å²) in [4.78, 5) is 25.9. The van der Waals surface area contributed by atoms with E-state index in [2.05, 4.69) is 0 Å². The van der Waals surface area contributed by atoms with Gasteiger partial charge in [-0.2, -0.15) is 13.2 Å². The van der Waals surface area contributed by atoms with E-state index in [9.17, 15) is 22.8 Å². The summed E-state index contributed by atoms with van der Waals surface area (Å²) in [7, 11) is 0. The highest BCUT2D eigenvalue weighted by Crippen LogP contribution is 2.31. The summed E-state index contributed by atoms with van der Waals surface area (Å²) < 4.78 is 48.3. The number of benzene rings is 1. The fourth-order valence-electron chi connectivity index (χ4n) is 4.25. The number of hydrogen-bond donors (Lipinski definition) is 1.